The summed E-state index contributed by atoms with van der Waals surface area (Å²) in [4.78, 5) is 2.21. The molecule has 92 valence electrons. The molecule has 5 nitrogen and oxygen atoms in total. The monoisotopic (exact) mass is 225 g/mol. The highest BCUT2D eigenvalue weighted by atomic mass is 15.3. The van der Waals surface area contributed by atoms with E-state index in [0.717, 1.165) is 24.7 Å². The van der Waals surface area contributed by atoms with Crippen LogP contribution in [0.1, 0.15) is 25.5 Å². The molecule has 0 saturated carbocycles. The van der Waals surface area contributed by atoms with Crippen LogP contribution in [0.5, 0.6) is 0 Å². The van der Waals surface area contributed by atoms with E-state index in [2.05, 4.69) is 48.4 Å². The van der Waals surface area contributed by atoms with E-state index in [9.17, 15) is 0 Å². The fourth-order valence-corrected chi connectivity index (χ4v) is 1.24. The van der Waals surface area contributed by atoms with Gasteiger partial charge in [-0.3, -0.25) is 0 Å². The van der Waals surface area contributed by atoms with E-state index in [1.165, 1.54) is 0 Å². The smallest absolute Gasteiger partial charge is 0.146 e. The highest BCUT2D eigenvalue weighted by molar-refractivity contribution is 4.92. The third-order valence-corrected chi connectivity index (χ3v) is 3.23. The van der Waals surface area contributed by atoms with E-state index in [1.54, 1.807) is 0 Å². The quantitative estimate of drug-likeness (QED) is 0.795. The van der Waals surface area contributed by atoms with Crippen LogP contribution in [0.3, 0.4) is 0 Å². The molecule has 0 fully saturated rings. The Labute approximate surface area is 97.9 Å². The average Bonchev–Trinajstić information content (AvgIpc) is 2.49. The lowest BCUT2D eigenvalue weighted by Crippen LogP contribution is -2.46. The van der Waals surface area contributed by atoms with Gasteiger partial charge in [-0.1, -0.05) is 0 Å². The molecular weight excluding hydrogens is 202 g/mol. The largest absolute Gasteiger partial charge is 0.317 e. The van der Waals surface area contributed by atoms with Gasteiger partial charge in [0.2, 0.25) is 0 Å². The van der Waals surface area contributed by atoms with E-state index >= 15 is 0 Å². The van der Waals surface area contributed by atoms with Crippen LogP contribution in [0.2, 0.25) is 0 Å². The fourth-order valence-electron chi connectivity index (χ4n) is 1.24. The van der Waals surface area contributed by atoms with Gasteiger partial charge < -0.3 is 14.8 Å². The van der Waals surface area contributed by atoms with E-state index < -0.39 is 0 Å². The third kappa shape index (κ3) is 3.02. The van der Waals surface area contributed by atoms with Crippen molar-refractivity contribution in [1.29, 1.82) is 0 Å². The lowest BCUT2D eigenvalue weighted by molar-refractivity contribution is 0.189. The summed E-state index contributed by atoms with van der Waals surface area (Å²) in [5.74, 6) is 1.93. The van der Waals surface area contributed by atoms with Gasteiger partial charge in [-0.05, 0) is 34.9 Å². The maximum atomic E-state index is 4.12. The second-order valence-electron chi connectivity index (χ2n) is 5.03. The Bertz CT molecular complexity index is 340. The van der Waals surface area contributed by atoms with Crippen molar-refractivity contribution in [2.75, 3.05) is 20.6 Å². The minimum absolute atomic E-state index is 0.146. The molecular formula is C11H23N5. The predicted molar refractivity (Wildman–Crippen MR) is 65.2 cm³/mol. The summed E-state index contributed by atoms with van der Waals surface area (Å²) in [5, 5.41) is 11.6. The van der Waals surface area contributed by atoms with Crippen molar-refractivity contribution < 1.29 is 0 Å². The molecule has 1 rings (SSSR count). The zero-order valence-corrected chi connectivity index (χ0v) is 11.2. The van der Waals surface area contributed by atoms with Crippen LogP contribution in [-0.2, 0) is 13.6 Å². The second kappa shape index (κ2) is 4.93. The van der Waals surface area contributed by atoms with E-state index in [1.807, 2.05) is 18.5 Å². The molecule has 1 heterocycles. The molecule has 0 aliphatic heterocycles. The standard InChI is InChI=1S/C11H23N5/c1-9-13-14-10(16(9)6)7-12-8-11(2,3)15(4)5/h12H,7-8H2,1-6H3. The maximum absolute atomic E-state index is 4.12. The number of aryl methyl sites for hydroxylation is 1. The molecule has 0 aliphatic rings. The average molecular weight is 225 g/mol. The molecule has 1 aromatic rings. The number of hydrogen-bond donors (Lipinski definition) is 1. The molecule has 0 aliphatic carbocycles. The van der Waals surface area contributed by atoms with Crippen LogP contribution in [0.15, 0.2) is 0 Å². The Morgan fingerprint density at radius 3 is 2.38 bits per heavy atom. The summed E-state index contributed by atoms with van der Waals surface area (Å²) in [7, 11) is 6.17. The topological polar surface area (TPSA) is 46.0 Å². The van der Waals surface area contributed by atoms with Gasteiger partial charge in [0, 0.05) is 19.1 Å². The van der Waals surface area contributed by atoms with Gasteiger partial charge in [-0.2, -0.15) is 0 Å². The lowest BCUT2D eigenvalue weighted by Gasteiger charge is -2.32. The summed E-state index contributed by atoms with van der Waals surface area (Å²) in [6, 6.07) is 0. The zero-order chi connectivity index (χ0) is 12.3. The van der Waals surface area contributed by atoms with Crippen LogP contribution < -0.4 is 5.32 Å². The first kappa shape index (κ1) is 13.1. The Balaban J connectivity index is 2.45. The lowest BCUT2D eigenvalue weighted by atomic mass is 10.0. The zero-order valence-electron chi connectivity index (χ0n) is 11.2. The molecule has 0 radical (unpaired) electrons. The van der Waals surface area contributed by atoms with Crippen molar-refractivity contribution in [2.45, 2.75) is 32.9 Å². The second-order valence-corrected chi connectivity index (χ2v) is 5.03. The number of likely N-dealkylation sites (N-methyl/N-ethyl adjacent to an activating group) is 1. The molecule has 1 N–H and O–H groups in total. The van der Waals surface area contributed by atoms with Crippen molar-refractivity contribution in [1.82, 2.24) is 25.0 Å². The number of nitrogens with one attached hydrogen (secondary N) is 1. The molecule has 1 aromatic heterocycles. The van der Waals surface area contributed by atoms with Gasteiger partial charge in [0.05, 0.1) is 6.54 Å². The van der Waals surface area contributed by atoms with Crippen LogP contribution >= 0.6 is 0 Å². The Morgan fingerprint density at radius 1 is 1.31 bits per heavy atom. The first-order chi connectivity index (χ1) is 7.34. The summed E-state index contributed by atoms with van der Waals surface area (Å²) in [5.41, 5.74) is 0.146. The summed E-state index contributed by atoms with van der Waals surface area (Å²) < 4.78 is 2.01. The molecule has 5 heteroatoms. The van der Waals surface area contributed by atoms with Crippen molar-refractivity contribution in [2.24, 2.45) is 7.05 Å². The summed E-state index contributed by atoms with van der Waals surface area (Å²) in [6.45, 7) is 8.06. The Kier molecular flexibility index (Phi) is 4.04. The van der Waals surface area contributed by atoms with E-state index in [0.29, 0.717) is 0 Å². The molecule has 0 aromatic carbocycles. The van der Waals surface area contributed by atoms with Gasteiger partial charge in [0.25, 0.3) is 0 Å². The van der Waals surface area contributed by atoms with E-state index in [-0.39, 0.29) is 5.54 Å². The van der Waals surface area contributed by atoms with Crippen LogP contribution in [0, 0.1) is 6.92 Å². The maximum Gasteiger partial charge on any atom is 0.146 e. The summed E-state index contributed by atoms with van der Waals surface area (Å²) in [6.07, 6.45) is 0. The van der Waals surface area contributed by atoms with Crippen LogP contribution in [-0.4, -0.2) is 45.8 Å². The first-order valence-electron chi connectivity index (χ1n) is 5.57. The first-order valence-corrected chi connectivity index (χ1v) is 5.57. The van der Waals surface area contributed by atoms with Gasteiger partial charge in [-0.15, -0.1) is 10.2 Å². The number of rotatable bonds is 5. The highest BCUT2D eigenvalue weighted by Crippen LogP contribution is 2.08. The molecule has 16 heavy (non-hydrogen) atoms. The molecule has 0 unspecified atom stereocenters. The third-order valence-electron chi connectivity index (χ3n) is 3.23. The van der Waals surface area contributed by atoms with Gasteiger partial charge in [-0.25, -0.2) is 0 Å². The normalized spacial score (nSPS) is 12.4. The van der Waals surface area contributed by atoms with Crippen LogP contribution in [0.4, 0.5) is 0 Å². The van der Waals surface area contributed by atoms with Crippen molar-refractivity contribution in [3.63, 3.8) is 0 Å². The van der Waals surface area contributed by atoms with Crippen molar-refractivity contribution >= 4 is 0 Å². The number of nitrogens with zero attached hydrogens (tertiary/aromatic N) is 4. The fraction of sp³-hybridized carbons (Fsp3) is 0.818. The van der Waals surface area contributed by atoms with Crippen molar-refractivity contribution in [3.05, 3.63) is 11.6 Å². The summed E-state index contributed by atoms with van der Waals surface area (Å²) >= 11 is 0. The number of hydrogen-bond acceptors (Lipinski definition) is 4. The van der Waals surface area contributed by atoms with Crippen molar-refractivity contribution in [3.8, 4) is 0 Å². The SMILES string of the molecule is Cc1nnc(CNCC(C)(C)N(C)C)n1C. The molecule has 0 atom stereocenters. The minimum atomic E-state index is 0.146. The number of aromatic nitrogens is 3. The molecule has 0 saturated heterocycles. The van der Waals surface area contributed by atoms with Crippen LogP contribution in [0.25, 0.3) is 0 Å². The Morgan fingerprint density at radius 2 is 1.94 bits per heavy atom. The minimum Gasteiger partial charge on any atom is -0.317 e. The molecule has 0 bridgehead atoms. The molecule has 0 amide bonds. The Hall–Kier alpha value is -0.940. The van der Waals surface area contributed by atoms with Gasteiger partial charge in [0.1, 0.15) is 11.6 Å². The predicted octanol–water partition coefficient (Wildman–Crippen LogP) is 0.553. The van der Waals surface area contributed by atoms with E-state index in [4.69, 9.17) is 0 Å². The van der Waals surface area contributed by atoms with Gasteiger partial charge >= 0.3 is 0 Å². The van der Waals surface area contributed by atoms with Gasteiger partial charge in [0.15, 0.2) is 0 Å². The molecule has 0 spiro atoms. The highest BCUT2D eigenvalue weighted by Gasteiger charge is 2.19.